The van der Waals surface area contributed by atoms with E-state index in [1.165, 1.54) is 4.90 Å². The average molecular weight is 251 g/mol. The third-order valence-corrected chi connectivity index (χ3v) is 2.99. The molecule has 1 aliphatic heterocycles. The summed E-state index contributed by atoms with van der Waals surface area (Å²) in [4.78, 5) is 24.6. The molecule has 0 radical (unpaired) electrons. The summed E-state index contributed by atoms with van der Waals surface area (Å²) in [5.41, 5.74) is 0. The molecule has 2 amide bonds. The lowest BCUT2D eigenvalue weighted by Gasteiger charge is -2.12. The molecule has 2 heterocycles. The molecule has 1 saturated heterocycles. The normalized spacial score (nSPS) is 19.8. The van der Waals surface area contributed by atoms with Crippen LogP contribution in [0.25, 0.3) is 0 Å². The van der Waals surface area contributed by atoms with Crippen molar-refractivity contribution in [2.45, 2.75) is 32.4 Å². The Morgan fingerprint density at radius 3 is 2.94 bits per heavy atom. The van der Waals surface area contributed by atoms with Gasteiger partial charge in [-0.15, -0.1) is 5.10 Å². The van der Waals surface area contributed by atoms with E-state index in [0.29, 0.717) is 13.1 Å². The first-order valence-corrected chi connectivity index (χ1v) is 6.14. The Bertz CT molecular complexity index is 417. The van der Waals surface area contributed by atoms with E-state index in [-0.39, 0.29) is 24.3 Å². The molecule has 0 saturated carbocycles. The number of rotatable bonds is 6. The lowest BCUT2D eigenvalue weighted by atomic mass is 10.2. The molecule has 98 valence electrons. The molecule has 1 N–H and O–H groups in total. The number of imide groups is 1. The quantitative estimate of drug-likeness (QED) is 0.539. The average Bonchev–Trinajstić information content (AvgIpc) is 2.94. The number of hydrogen-bond donors (Lipinski definition) is 1. The minimum absolute atomic E-state index is 0.0868. The van der Waals surface area contributed by atoms with Crippen LogP contribution in [0.4, 0.5) is 0 Å². The third kappa shape index (κ3) is 2.73. The van der Waals surface area contributed by atoms with Gasteiger partial charge in [0.1, 0.15) is 0 Å². The summed E-state index contributed by atoms with van der Waals surface area (Å²) in [5, 5.41) is 10.7. The zero-order chi connectivity index (χ0) is 13.0. The highest BCUT2D eigenvalue weighted by Gasteiger charge is 2.36. The predicted octanol–water partition coefficient (Wildman–Crippen LogP) is -0.595. The number of amides is 2. The largest absolute Gasteiger partial charge is 0.305 e. The Morgan fingerprint density at radius 1 is 1.50 bits per heavy atom. The van der Waals surface area contributed by atoms with Crippen LogP contribution in [-0.2, 0) is 16.1 Å². The van der Waals surface area contributed by atoms with Crippen LogP contribution in [0, 0.1) is 0 Å². The van der Waals surface area contributed by atoms with Gasteiger partial charge in [-0.1, -0.05) is 5.21 Å². The maximum Gasteiger partial charge on any atom is 0.246 e. The van der Waals surface area contributed by atoms with Crippen LogP contribution in [0.5, 0.6) is 0 Å². The topological polar surface area (TPSA) is 80.1 Å². The number of likely N-dealkylation sites (N-methyl/N-ethyl adjacent to an activating group) is 1. The van der Waals surface area contributed by atoms with E-state index < -0.39 is 0 Å². The molecule has 0 spiro atoms. The molecule has 1 aromatic rings. The van der Waals surface area contributed by atoms with Gasteiger partial charge in [0.05, 0.1) is 18.7 Å². The zero-order valence-electron chi connectivity index (χ0n) is 10.4. The van der Waals surface area contributed by atoms with Crippen LogP contribution in [0.3, 0.4) is 0 Å². The molecule has 0 aliphatic carbocycles. The lowest BCUT2D eigenvalue weighted by Crippen LogP contribution is -2.39. The second-order valence-electron chi connectivity index (χ2n) is 4.21. The summed E-state index contributed by atoms with van der Waals surface area (Å²) >= 11 is 0. The van der Waals surface area contributed by atoms with Crippen molar-refractivity contribution in [1.29, 1.82) is 0 Å². The molecular formula is C11H17N5O2. The summed E-state index contributed by atoms with van der Waals surface area (Å²) in [6.07, 6.45) is 4.54. The monoisotopic (exact) mass is 251 g/mol. The number of likely N-dealkylation sites (tertiary alicyclic amines) is 1. The number of nitrogens with one attached hydrogen (secondary N) is 1. The van der Waals surface area contributed by atoms with Gasteiger partial charge < -0.3 is 5.32 Å². The van der Waals surface area contributed by atoms with E-state index in [9.17, 15) is 9.59 Å². The van der Waals surface area contributed by atoms with Crippen LogP contribution >= 0.6 is 0 Å². The first-order chi connectivity index (χ1) is 8.72. The van der Waals surface area contributed by atoms with Crippen molar-refractivity contribution in [3.8, 4) is 0 Å². The standard InChI is InChI=1S/C11H17N5O2/c1-2-16-10(17)8-9(11(16)18)12-4-3-6-15-7-5-13-14-15/h5,7,9,12H,2-4,6,8H2,1H3. The van der Waals surface area contributed by atoms with Crippen molar-refractivity contribution in [3.63, 3.8) is 0 Å². The first kappa shape index (κ1) is 12.7. The highest BCUT2D eigenvalue weighted by atomic mass is 16.2. The van der Waals surface area contributed by atoms with Gasteiger partial charge in [-0.3, -0.25) is 19.2 Å². The van der Waals surface area contributed by atoms with Gasteiger partial charge in [0.15, 0.2) is 0 Å². The Kier molecular flexibility index (Phi) is 4.03. The molecule has 1 atom stereocenters. The van der Waals surface area contributed by atoms with Crippen LogP contribution in [-0.4, -0.2) is 50.8 Å². The fourth-order valence-electron chi connectivity index (χ4n) is 2.04. The number of carbonyl (C=O) groups is 2. The molecule has 7 nitrogen and oxygen atoms in total. The maximum absolute atomic E-state index is 11.8. The minimum Gasteiger partial charge on any atom is -0.305 e. The summed E-state index contributed by atoms with van der Waals surface area (Å²) < 4.78 is 1.74. The van der Waals surface area contributed by atoms with Crippen molar-refractivity contribution in [3.05, 3.63) is 12.4 Å². The van der Waals surface area contributed by atoms with Gasteiger partial charge in [-0.05, 0) is 19.9 Å². The highest BCUT2D eigenvalue weighted by molar-refractivity contribution is 6.05. The van der Waals surface area contributed by atoms with Gasteiger partial charge >= 0.3 is 0 Å². The summed E-state index contributed by atoms with van der Waals surface area (Å²) in [6, 6.07) is -0.354. The van der Waals surface area contributed by atoms with Crippen molar-refractivity contribution in [1.82, 2.24) is 25.2 Å². The Labute approximate surface area is 105 Å². The van der Waals surface area contributed by atoms with Crippen LogP contribution < -0.4 is 5.32 Å². The fraction of sp³-hybridized carbons (Fsp3) is 0.636. The number of carbonyl (C=O) groups excluding carboxylic acids is 2. The lowest BCUT2D eigenvalue weighted by molar-refractivity contribution is -0.138. The Morgan fingerprint density at radius 2 is 2.33 bits per heavy atom. The van der Waals surface area contributed by atoms with Gasteiger partial charge in [0.25, 0.3) is 0 Å². The second-order valence-corrected chi connectivity index (χ2v) is 4.21. The van der Waals surface area contributed by atoms with E-state index in [4.69, 9.17) is 0 Å². The molecule has 1 aromatic heterocycles. The van der Waals surface area contributed by atoms with Crippen LogP contribution in [0.2, 0.25) is 0 Å². The third-order valence-electron chi connectivity index (χ3n) is 2.99. The van der Waals surface area contributed by atoms with E-state index >= 15 is 0 Å². The zero-order valence-corrected chi connectivity index (χ0v) is 10.4. The molecule has 18 heavy (non-hydrogen) atoms. The molecule has 1 aliphatic rings. The van der Waals surface area contributed by atoms with Gasteiger partial charge in [-0.2, -0.15) is 0 Å². The molecule has 7 heteroatoms. The van der Waals surface area contributed by atoms with Crippen LogP contribution in [0.15, 0.2) is 12.4 Å². The number of nitrogens with zero attached hydrogens (tertiary/aromatic N) is 4. The second kappa shape index (κ2) is 5.72. The van der Waals surface area contributed by atoms with Gasteiger partial charge in [0.2, 0.25) is 11.8 Å². The molecule has 0 aromatic carbocycles. The first-order valence-electron chi connectivity index (χ1n) is 6.14. The minimum atomic E-state index is -0.354. The molecule has 0 bridgehead atoms. The SMILES string of the molecule is CCN1C(=O)CC(NCCCn2ccnn2)C1=O. The molecular weight excluding hydrogens is 234 g/mol. The van der Waals surface area contributed by atoms with Crippen molar-refractivity contribution in [2.24, 2.45) is 0 Å². The number of hydrogen-bond acceptors (Lipinski definition) is 5. The van der Waals surface area contributed by atoms with Gasteiger partial charge in [0, 0.05) is 19.3 Å². The summed E-state index contributed by atoms with van der Waals surface area (Å²) in [5.74, 6) is -0.195. The van der Waals surface area contributed by atoms with Gasteiger partial charge in [-0.25, -0.2) is 0 Å². The Balaban J connectivity index is 1.71. The van der Waals surface area contributed by atoms with Crippen molar-refractivity contribution < 1.29 is 9.59 Å². The van der Waals surface area contributed by atoms with E-state index in [1.54, 1.807) is 17.1 Å². The molecule has 2 rings (SSSR count). The number of aromatic nitrogens is 3. The van der Waals surface area contributed by atoms with E-state index in [2.05, 4.69) is 15.6 Å². The smallest absolute Gasteiger partial charge is 0.246 e. The van der Waals surface area contributed by atoms with Crippen LogP contribution in [0.1, 0.15) is 19.8 Å². The number of aryl methyl sites for hydroxylation is 1. The Hall–Kier alpha value is -1.76. The highest BCUT2D eigenvalue weighted by Crippen LogP contribution is 2.12. The van der Waals surface area contributed by atoms with Crippen molar-refractivity contribution >= 4 is 11.8 Å². The fourth-order valence-corrected chi connectivity index (χ4v) is 2.04. The maximum atomic E-state index is 11.8. The van der Waals surface area contributed by atoms with Crippen molar-refractivity contribution in [2.75, 3.05) is 13.1 Å². The van der Waals surface area contributed by atoms with E-state index in [1.807, 2.05) is 6.92 Å². The summed E-state index contributed by atoms with van der Waals surface area (Å²) in [6.45, 7) is 3.69. The molecule has 1 unspecified atom stereocenters. The molecule has 1 fully saturated rings. The van der Waals surface area contributed by atoms with E-state index in [0.717, 1.165) is 13.0 Å². The summed E-state index contributed by atoms with van der Waals surface area (Å²) in [7, 11) is 0. The predicted molar refractivity (Wildman–Crippen MR) is 63.4 cm³/mol.